The van der Waals surface area contributed by atoms with Gasteiger partial charge in [-0.05, 0) is 111 Å². The van der Waals surface area contributed by atoms with E-state index >= 15 is 33.6 Å². The van der Waals surface area contributed by atoms with Gasteiger partial charge in [0.1, 0.15) is 90.8 Å². The van der Waals surface area contributed by atoms with Crippen molar-refractivity contribution in [1.29, 1.82) is 0 Å². The van der Waals surface area contributed by atoms with Crippen LogP contribution in [-0.2, 0) is 117 Å². The zero-order valence-corrected chi connectivity index (χ0v) is 79.4. The lowest BCUT2D eigenvalue weighted by Crippen LogP contribution is -2.61. The average Bonchev–Trinajstić information content (AvgIpc) is 1.67. The number of aromatic hydroxyl groups is 1. The third-order valence-corrected chi connectivity index (χ3v) is 24.7. The highest BCUT2D eigenvalue weighted by atomic mass is 32.2. The number of unbranched alkanes of at least 4 members (excludes halogenated alkanes) is 2. The molecule has 0 saturated carbocycles. The number of methoxy groups -OCH3 is 1. The molecule has 0 unspecified atom stereocenters. The molecule has 740 valence electrons. The molecular weight excluding hydrogens is 1770 g/mol. The van der Waals surface area contributed by atoms with Gasteiger partial charge < -0.3 is 126 Å². The quantitative estimate of drug-likeness (QED) is 0.0270. The molecule has 2 aromatic heterocycles. The molecule has 5 aromatic rings. The van der Waals surface area contributed by atoms with Gasteiger partial charge in [-0.3, -0.25) is 86.3 Å². The predicted molar refractivity (Wildman–Crippen MR) is 501 cm³/mol. The lowest BCUT2D eigenvalue weighted by Gasteiger charge is -2.36. The van der Waals surface area contributed by atoms with Crippen LogP contribution in [0.2, 0.25) is 0 Å². The molecule has 42 nitrogen and oxygen atoms in total. The van der Waals surface area contributed by atoms with Gasteiger partial charge in [0, 0.05) is 113 Å². The Morgan fingerprint density at radius 3 is 1.77 bits per heavy atom. The molecule has 22 N–H and O–H groups in total. The Balaban J connectivity index is 1.29. The Labute approximate surface area is 788 Å². The molecule has 4 heterocycles. The minimum Gasteiger partial charge on any atom is -0.508 e. The number of aliphatic hydroxyl groups is 1. The largest absolute Gasteiger partial charge is 0.508 e. The first-order valence-corrected chi connectivity index (χ1v) is 46.8. The number of phenolic OH excluding ortho intramolecular Hbond substituents is 1. The molecule has 0 spiro atoms. The van der Waals surface area contributed by atoms with Crippen LogP contribution in [0, 0.1) is 11.8 Å². The van der Waals surface area contributed by atoms with Crippen LogP contribution in [0.5, 0.6) is 5.75 Å². The van der Waals surface area contributed by atoms with E-state index in [-0.39, 0.29) is 114 Å². The second-order valence-electron chi connectivity index (χ2n) is 35.1. The standard InChI is InChI=1S/C92H135N21O21S/c1-12-14-25-72-87(128)104-63(36-51(3)4)84(125)108-70(82(123)99-45-76(96)117)49-135-50-78(119)100-67(38-54-29-31-57(114)32-30-54)89(130)109(8)53(7)80(121)103-65(42-75(95)116)81(122)97-35-21-20-28-77(118)101-69(43-94)86(127)106-66(37-52(5)6)91(132)113-47-58(115)41-74(113)88(129)105-64(39-55-44-98-61-24-18-16-22-59(55)61)85(126)102-62(33-34-93)83(124)107-68(90(131)111(10)73(26-15-13-2)92(133)110(72)9)40-56-46-112(48-79(120)134-11)71-27-19-17-23-60(56)71/h16-19,22-24,27,29-32,44,46,51-53,58,62-70,72-74,98,114-115H,12-15,20-21,25-26,28,33-43,45,47-50,93-94H2,1-11H3,(H2,95,116)(H2,96,117)(H,97,122)(H,99,123)(H,100,119)(H,101,118)(H,102,126)(H,103,121)(H,104,128)(H,105,129)(H,106,127)(H,107,124)(H,108,125)/t53-,58+,62-,63-,64-,65-,66-,67-,68-,69-,70-,72-,73-,74-/m0/s1. The van der Waals surface area contributed by atoms with Gasteiger partial charge in [-0.15, -0.1) is 11.8 Å². The normalized spacial score (nSPS) is 24.1. The van der Waals surface area contributed by atoms with Gasteiger partial charge in [0.2, 0.25) is 100 Å². The molecule has 0 bridgehead atoms. The number of nitrogens with zero attached hydrogens (tertiary/aromatic N) is 5. The number of rotatable bonds is 26. The van der Waals surface area contributed by atoms with Crippen molar-refractivity contribution in [3.05, 3.63) is 102 Å². The molecule has 3 aromatic carbocycles. The van der Waals surface area contributed by atoms with E-state index in [4.69, 9.17) is 27.7 Å². The van der Waals surface area contributed by atoms with Crippen LogP contribution in [0.25, 0.3) is 21.8 Å². The van der Waals surface area contributed by atoms with Gasteiger partial charge >= 0.3 is 5.97 Å². The van der Waals surface area contributed by atoms with Crippen molar-refractivity contribution in [1.82, 2.24) is 87.6 Å². The van der Waals surface area contributed by atoms with Gasteiger partial charge in [-0.2, -0.15) is 0 Å². The van der Waals surface area contributed by atoms with Crippen molar-refractivity contribution in [2.45, 2.75) is 249 Å². The van der Waals surface area contributed by atoms with Crippen LogP contribution in [0.3, 0.4) is 0 Å². The second-order valence-corrected chi connectivity index (χ2v) is 36.1. The van der Waals surface area contributed by atoms with E-state index < -0.39 is 229 Å². The van der Waals surface area contributed by atoms with Gasteiger partial charge in [0.05, 0.1) is 31.9 Å². The molecule has 14 atom stereocenters. The van der Waals surface area contributed by atoms with Gasteiger partial charge in [0.15, 0.2) is 0 Å². The summed E-state index contributed by atoms with van der Waals surface area (Å²) in [7, 11) is 5.19. The number of hydrogen-bond acceptors (Lipinski definition) is 24. The Kier molecular flexibility index (Phi) is 43.2. The third-order valence-electron chi connectivity index (χ3n) is 23.6. The first-order chi connectivity index (χ1) is 64.1. The average molecular weight is 1900 g/mol. The molecule has 2 fully saturated rings. The predicted octanol–water partition coefficient (Wildman–Crippen LogP) is -1.85. The summed E-state index contributed by atoms with van der Waals surface area (Å²) in [6, 6.07) is 0.305. The van der Waals surface area contributed by atoms with E-state index in [0.717, 1.165) is 26.5 Å². The van der Waals surface area contributed by atoms with Crippen LogP contribution in [0.15, 0.2) is 85.2 Å². The summed E-state index contributed by atoms with van der Waals surface area (Å²) < 4.78 is 6.64. The number of aliphatic hydroxyl groups excluding tert-OH is 1. The van der Waals surface area contributed by atoms with Crippen molar-refractivity contribution in [2.24, 2.45) is 34.8 Å². The Bertz CT molecular complexity index is 4990. The smallest absolute Gasteiger partial charge is 0.325 e. The van der Waals surface area contributed by atoms with Crippen molar-refractivity contribution < 1.29 is 101 Å². The summed E-state index contributed by atoms with van der Waals surface area (Å²) in [5.74, 6) is -17.2. The molecule has 2 saturated heterocycles. The fourth-order valence-corrected chi connectivity index (χ4v) is 17.0. The molecule has 7 rings (SSSR count). The Morgan fingerprint density at radius 2 is 1.13 bits per heavy atom. The minimum atomic E-state index is -1.62. The van der Waals surface area contributed by atoms with Crippen molar-refractivity contribution >= 4 is 140 Å². The van der Waals surface area contributed by atoms with Crippen molar-refractivity contribution in [3.8, 4) is 5.75 Å². The fraction of sp³-hybridized carbons (Fsp3) is 0.565. The second kappa shape index (κ2) is 53.4. The highest BCUT2D eigenvalue weighted by Crippen LogP contribution is 2.28. The number of aromatic nitrogens is 2. The highest BCUT2D eigenvalue weighted by Gasteiger charge is 2.45. The van der Waals surface area contributed by atoms with E-state index in [0.29, 0.717) is 64.2 Å². The lowest BCUT2D eigenvalue weighted by molar-refractivity contribution is -0.149. The number of nitrogens with one attached hydrogen (secondary N) is 12. The molecule has 17 amide bonds. The number of amides is 17. The SMILES string of the molecule is CCCC[C@H]1C(=O)N(C)[C@@H](CCCC)C(=O)N[C@@H](CC(C)C)C(=O)N[C@H](C(=O)NCC(N)=O)CSCC(=O)N[C@@H](Cc2ccc(O)cc2)C(=O)N(C)[C@@H](C)C(=O)N[C@@H](CC(N)=O)C(=O)NCCCCC(=O)N[C@@H](CN)C(=O)N[C@@H](CC(C)C)C(=O)N2C[C@H](O)C[C@H]2C(=O)N[C@@H](Cc2c[nH]c3ccccc23)C(=O)N[C@@H](CCN)C(=O)N[C@@H](Cc2cn(CC(=O)OC)c3ccccc23)C(=O)N1C. The van der Waals surface area contributed by atoms with E-state index in [9.17, 15) is 63.0 Å². The third kappa shape index (κ3) is 32.5. The van der Waals surface area contributed by atoms with E-state index in [1.807, 2.05) is 13.8 Å². The fourth-order valence-electron chi connectivity index (χ4n) is 16.1. The number of fused-ring (bicyclic) bond motifs is 3. The number of primary amides is 2. The summed E-state index contributed by atoms with van der Waals surface area (Å²) in [6.45, 7) is 9.81. The highest BCUT2D eigenvalue weighted by molar-refractivity contribution is 8.00. The first-order valence-electron chi connectivity index (χ1n) is 45.7. The Morgan fingerprint density at radius 1 is 0.563 bits per heavy atom. The number of ether oxygens (including phenoxy) is 1. The van der Waals surface area contributed by atoms with E-state index in [2.05, 4.69) is 63.5 Å². The number of aromatic amines is 1. The molecule has 0 radical (unpaired) electrons. The molecule has 2 aliphatic heterocycles. The summed E-state index contributed by atoms with van der Waals surface area (Å²) >= 11 is 0.799. The van der Waals surface area contributed by atoms with Gasteiger partial charge in [-0.25, -0.2) is 0 Å². The number of carbonyl (C=O) groups is 18. The maximum atomic E-state index is 16.0. The van der Waals surface area contributed by atoms with Gasteiger partial charge in [-0.1, -0.05) is 116 Å². The molecule has 135 heavy (non-hydrogen) atoms. The summed E-state index contributed by atoms with van der Waals surface area (Å²) in [4.78, 5) is 267. The molecule has 43 heteroatoms. The van der Waals surface area contributed by atoms with Gasteiger partial charge in [0.25, 0.3) is 0 Å². The number of para-hydroxylation sites is 2. The number of likely N-dealkylation sites (N-methyl/N-ethyl adjacent to an activating group) is 3. The zero-order chi connectivity index (χ0) is 99.6. The van der Waals surface area contributed by atoms with Crippen LogP contribution >= 0.6 is 11.8 Å². The Hall–Kier alpha value is -12.8. The van der Waals surface area contributed by atoms with Crippen LogP contribution in [-0.4, -0.2) is 303 Å². The number of nitrogens with two attached hydrogens (primary N) is 4. The maximum absolute atomic E-state index is 16.0. The maximum Gasteiger partial charge on any atom is 0.325 e. The first kappa shape index (κ1) is 109. The van der Waals surface area contributed by atoms with E-state index in [1.54, 1.807) is 93.2 Å². The zero-order valence-electron chi connectivity index (χ0n) is 78.6. The number of thioether (sulfide) groups is 1. The van der Waals surface area contributed by atoms with Crippen LogP contribution in [0.1, 0.15) is 155 Å². The van der Waals surface area contributed by atoms with Crippen LogP contribution in [0.4, 0.5) is 0 Å². The number of esters is 1. The topological polar surface area (TPSA) is 627 Å². The number of H-pyrrole nitrogens is 1. The summed E-state index contributed by atoms with van der Waals surface area (Å²) in [5, 5.41) is 51.9. The number of hydrogen-bond donors (Lipinski definition) is 18. The number of carbonyl (C=O) groups excluding carboxylic acids is 18. The van der Waals surface area contributed by atoms with Crippen molar-refractivity contribution in [2.75, 3.05) is 72.5 Å². The van der Waals surface area contributed by atoms with Crippen LogP contribution < -0.4 is 81.4 Å². The minimum absolute atomic E-state index is 0.00667. The molecule has 2 aliphatic rings. The molecular formula is C92H135N21O21S. The molecule has 0 aliphatic carbocycles. The van der Waals surface area contributed by atoms with Crippen molar-refractivity contribution in [3.63, 3.8) is 0 Å². The number of phenols is 1. The summed E-state index contributed by atoms with van der Waals surface area (Å²) in [5.41, 5.74) is 25.9. The summed E-state index contributed by atoms with van der Waals surface area (Å²) in [6.07, 6.45) is 1.32. The monoisotopic (exact) mass is 1900 g/mol. The van der Waals surface area contributed by atoms with E-state index in [1.165, 1.54) is 64.3 Å². The number of benzene rings is 3. The lowest BCUT2D eigenvalue weighted by atomic mass is 9.99.